The molecular weight excluding hydrogens is 452 g/mol. The third kappa shape index (κ3) is 4.43. The van der Waals surface area contributed by atoms with Crippen LogP contribution in [0.4, 0.5) is 11.8 Å². The number of para-hydroxylation sites is 1. The summed E-state index contributed by atoms with van der Waals surface area (Å²) >= 11 is 0. The molecule has 1 aliphatic heterocycles. The molecule has 1 amide bonds. The van der Waals surface area contributed by atoms with Gasteiger partial charge in [-0.2, -0.15) is 4.98 Å². The first-order valence-corrected chi connectivity index (χ1v) is 12.2. The summed E-state index contributed by atoms with van der Waals surface area (Å²) in [7, 11) is 1.77. The van der Waals surface area contributed by atoms with Crippen LogP contribution < -0.4 is 21.3 Å². The fourth-order valence-corrected chi connectivity index (χ4v) is 4.80. The largest absolute Gasteiger partial charge is 0.371 e. The fraction of sp³-hybridized carbons (Fsp3) is 0.333. The Morgan fingerprint density at radius 3 is 2.83 bits per heavy atom. The third-order valence-corrected chi connectivity index (χ3v) is 6.50. The fourth-order valence-electron chi connectivity index (χ4n) is 4.80. The van der Waals surface area contributed by atoms with Crippen molar-refractivity contribution in [2.24, 2.45) is 5.73 Å². The van der Waals surface area contributed by atoms with Crippen molar-refractivity contribution in [2.75, 3.05) is 30.4 Å². The number of amides is 1. The van der Waals surface area contributed by atoms with E-state index >= 15 is 0 Å². The Morgan fingerprint density at radius 2 is 2.03 bits per heavy atom. The Kier molecular flexibility index (Phi) is 6.69. The van der Waals surface area contributed by atoms with Crippen LogP contribution in [0, 0.1) is 11.8 Å². The maximum atomic E-state index is 13.6. The summed E-state index contributed by atoms with van der Waals surface area (Å²) < 4.78 is 1.88. The van der Waals surface area contributed by atoms with Crippen LogP contribution in [0.5, 0.6) is 0 Å². The molecule has 184 valence electrons. The van der Waals surface area contributed by atoms with Gasteiger partial charge >= 0.3 is 0 Å². The minimum absolute atomic E-state index is 0.0809. The molecule has 0 saturated carbocycles. The molecule has 3 aromatic heterocycles. The number of nitrogens with zero attached hydrogens (tertiary/aromatic N) is 5. The number of imidazole rings is 1. The zero-order valence-corrected chi connectivity index (χ0v) is 20.6. The van der Waals surface area contributed by atoms with Crippen molar-refractivity contribution in [2.45, 2.75) is 38.9 Å². The zero-order chi connectivity index (χ0) is 25.1. The summed E-state index contributed by atoms with van der Waals surface area (Å²) in [4.78, 5) is 29.9. The highest BCUT2D eigenvalue weighted by Gasteiger charge is 2.28. The monoisotopic (exact) mass is 482 g/mol. The van der Waals surface area contributed by atoms with E-state index in [1.165, 1.54) is 0 Å². The smallest absolute Gasteiger partial charge is 0.272 e. The summed E-state index contributed by atoms with van der Waals surface area (Å²) in [5.41, 5.74) is 9.15. The highest BCUT2D eigenvalue weighted by Crippen LogP contribution is 2.27. The molecule has 5 rings (SSSR count). The van der Waals surface area contributed by atoms with E-state index in [4.69, 9.17) is 15.7 Å². The standard InChI is InChI=1S/C27H30N8O/c1-3-4-15-35-24(25(29-2)33-27(35)34-14-8-9-18(28)17-34)26(36)31-16-22-20-11-7-13-30-23(20)19-10-5-6-12-21(19)32-22/h5-7,10-13,18,29H,8-9,14-17,28H2,1-2H3,(H,31,36). The van der Waals surface area contributed by atoms with Gasteiger partial charge < -0.3 is 21.3 Å². The number of benzene rings is 1. The Morgan fingerprint density at radius 1 is 1.19 bits per heavy atom. The summed E-state index contributed by atoms with van der Waals surface area (Å²) in [5.74, 6) is 7.00. The van der Waals surface area contributed by atoms with Crippen LogP contribution in [0.2, 0.25) is 0 Å². The van der Waals surface area contributed by atoms with Gasteiger partial charge in [0, 0.05) is 43.1 Å². The molecule has 1 aromatic carbocycles. The maximum Gasteiger partial charge on any atom is 0.272 e. The van der Waals surface area contributed by atoms with E-state index in [0.29, 0.717) is 30.5 Å². The summed E-state index contributed by atoms with van der Waals surface area (Å²) in [6.07, 6.45) is 3.75. The minimum Gasteiger partial charge on any atom is -0.371 e. The van der Waals surface area contributed by atoms with Crippen molar-refractivity contribution >= 4 is 39.5 Å². The molecule has 1 unspecified atom stereocenters. The second-order valence-electron chi connectivity index (χ2n) is 8.88. The molecule has 4 N–H and O–H groups in total. The summed E-state index contributed by atoms with van der Waals surface area (Å²) in [6.45, 7) is 3.94. The van der Waals surface area contributed by atoms with E-state index in [9.17, 15) is 4.79 Å². The Bertz CT molecular complexity index is 1480. The van der Waals surface area contributed by atoms with Crippen molar-refractivity contribution in [3.63, 3.8) is 0 Å². The van der Waals surface area contributed by atoms with Gasteiger partial charge in [-0.25, -0.2) is 0 Å². The molecule has 0 bridgehead atoms. The number of carbonyl (C=O) groups excluding carboxylic acids is 1. The second kappa shape index (κ2) is 10.2. The molecule has 4 heterocycles. The number of rotatable bonds is 6. The van der Waals surface area contributed by atoms with Gasteiger partial charge in [-0.05, 0) is 38.0 Å². The number of nitrogens with one attached hydrogen (secondary N) is 2. The zero-order valence-electron chi connectivity index (χ0n) is 20.6. The van der Waals surface area contributed by atoms with Crippen LogP contribution in [0.1, 0.15) is 35.9 Å². The molecule has 1 fully saturated rings. The van der Waals surface area contributed by atoms with Gasteiger partial charge in [-0.3, -0.25) is 19.3 Å². The molecule has 9 heteroatoms. The average molecular weight is 483 g/mol. The van der Waals surface area contributed by atoms with Gasteiger partial charge in [0.1, 0.15) is 0 Å². The number of fused-ring (bicyclic) bond motifs is 3. The molecule has 1 atom stereocenters. The lowest BCUT2D eigenvalue weighted by atomic mass is 10.1. The van der Waals surface area contributed by atoms with Gasteiger partial charge in [0.05, 0.1) is 29.8 Å². The van der Waals surface area contributed by atoms with Crippen LogP contribution in [-0.4, -0.2) is 51.6 Å². The number of anilines is 2. The Balaban J connectivity index is 1.49. The third-order valence-electron chi connectivity index (χ3n) is 6.50. The lowest BCUT2D eigenvalue weighted by Gasteiger charge is -2.31. The number of pyridine rings is 2. The van der Waals surface area contributed by atoms with E-state index in [1.54, 1.807) is 20.2 Å². The maximum absolute atomic E-state index is 13.6. The summed E-state index contributed by atoms with van der Waals surface area (Å²) in [5, 5.41) is 8.06. The Hall–Kier alpha value is -4.16. The molecule has 0 spiro atoms. The number of hydrogen-bond donors (Lipinski definition) is 3. The van der Waals surface area contributed by atoms with E-state index in [1.807, 2.05) is 41.0 Å². The second-order valence-corrected chi connectivity index (χ2v) is 8.88. The lowest BCUT2D eigenvalue weighted by molar-refractivity contribution is 0.0943. The van der Waals surface area contributed by atoms with Crippen molar-refractivity contribution in [3.05, 3.63) is 54.0 Å². The number of piperidine rings is 1. The van der Waals surface area contributed by atoms with Crippen LogP contribution in [0.15, 0.2) is 42.6 Å². The quantitative estimate of drug-likeness (QED) is 0.286. The molecule has 1 saturated heterocycles. The summed E-state index contributed by atoms with van der Waals surface area (Å²) in [6, 6.07) is 11.9. The number of aromatic nitrogens is 4. The van der Waals surface area contributed by atoms with E-state index in [2.05, 4.69) is 32.4 Å². The SMILES string of the molecule is CC#CCn1c(N2CCCC(N)C2)nc(NC)c1C(=O)NCc1nc2ccccc2c2ncccc12. The number of nitrogens with two attached hydrogens (primary N) is 1. The molecule has 0 aliphatic carbocycles. The van der Waals surface area contributed by atoms with Crippen LogP contribution in [-0.2, 0) is 13.1 Å². The Labute approximate surface area is 210 Å². The van der Waals surface area contributed by atoms with Gasteiger partial charge in [-0.15, -0.1) is 5.92 Å². The average Bonchev–Trinajstić information content (AvgIpc) is 3.29. The van der Waals surface area contributed by atoms with Crippen molar-refractivity contribution in [1.29, 1.82) is 0 Å². The van der Waals surface area contributed by atoms with E-state index in [0.717, 1.165) is 46.9 Å². The van der Waals surface area contributed by atoms with Crippen molar-refractivity contribution in [3.8, 4) is 11.8 Å². The van der Waals surface area contributed by atoms with Gasteiger partial charge in [0.15, 0.2) is 11.5 Å². The normalized spacial score (nSPS) is 15.5. The predicted octanol–water partition coefficient (Wildman–Crippen LogP) is 2.90. The van der Waals surface area contributed by atoms with E-state index in [-0.39, 0.29) is 18.5 Å². The first-order valence-electron chi connectivity index (χ1n) is 12.2. The molecule has 1 aliphatic rings. The highest BCUT2D eigenvalue weighted by molar-refractivity contribution is 6.04. The van der Waals surface area contributed by atoms with E-state index < -0.39 is 0 Å². The molecule has 9 nitrogen and oxygen atoms in total. The molecule has 4 aromatic rings. The highest BCUT2D eigenvalue weighted by atomic mass is 16.2. The van der Waals surface area contributed by atoms with Crippen LogP contribution >= 0.6 is 0 Å². The van der Waals surface area contributed by atoms with Crippen LogP contribution in [0.25, 0.3) is 21.8 Å². The molecule has 36 heavy (non-hydrogen) atoms. The minimum atomic E-state index is -0.246. The van der Waals surface area contributed by atoms with Gasteiger partial charge in [0.2, 0.25) is 5.95 Å². The number of carbonyl (C=O) groups is 1. The molecule has 0 radical (unpaired) electrons. The van der Waals surface area contributed by atoms with Crippen molar-refractivity contribution in [1.82, 2.24) is 24.8 Å². The first-order chi connectivity index (χ1) is 17.6. The first kappa shape index (κ1) is 23.6. The number of hydrogen-bond acceptors (Lipinski definition) is 7. The topological polar surface area (TPSA) is 114 Å². The van der Waals surface area contributed by atoms with Gasteiger partial charge in [-0.1, -0.05) is 24.1 Å². The van der Waals surface area contributed by atoms with Gasteiger partial charge in [0.25, 0.3) is 5.91 Å². The van der Waals surface area contributed by atoms with Crippen molar-refractivity contribution < 1.29 is 4.79 Å². The van der Waals surface area contributed by atoms with Crippen LogP contribution in [0.3, 0.4) is 0 Å². The predicted molar refractivity (Wildman–Crippen MR) is 143 cm³/mol. The lowest BCUT2D eigenvalue weighted by Crippen LogP contribution is -2.44. The molecular formula is C27H30N8O.